The highest BCUT2D eigenvalue weighted by Crippen LogP contribution is 2.17. The first-order valence-corrected chi connectivity index (χ1v) is 6.62. The molecule has 0 aliphatic carbocycles. The van der Waals surface area contributed by atoms with E-state index in [0.717, 1.165) is 19.5 Å². The maximum atomic E-state index is 12.0. The summed E-state index contributed by atoms with van der Waals surface area (Å²) in [4.78, 5) is 13.8. The molecule has 1 atom stereocenters. The van der Waals surface area contributed by atoms with Crippen molar-refractivity contribution in [2.24, 2.45) is 5.92 Å². The van der Waals surface area contributed by atoms with Gasteiger partial charge in [0.05, 0.1) is 18.2 Å². The number of methoxy groups -OCH3 is 1. The molecule has 106 valence electrons. The van der Waals surface area contributed by atoms with Crippen LogP contribution < -0.4 is 4.74 Å². The van der Waals surface area contributed by atoms with Crippen LogP contribution in [0.1, 0.15) is 12.0 Å². The third-order valence-electron chi connectivity index (χ3n) is 3.39. The fourth-order valence-electron chi connectivity index (χ4n) is 2.29. The number of benzene rings is 1. The Morgan fingerprint density at radius 1 is 1.45 bits per heavy atom. The Morgan fingerprint density at radius 2 is 2.20 bits per heavy atom. The molecule has 20 heavy (non-hydrogen) atoms. The second-order valence-electron chi connectivity index (χ2n) is 4.87. The fourth-order valence-corrected chi connectivity index (χ4v) is 2.29. The fraction of sp³-hybridized carbons (Fsp3) is 0.467. The summed E-state index contributed by atoms with van der Waals surface area (Å²) in [6, 6.07) is 8.78. The van der Waals surface area contributed by atoms with Gasteiger partial charge in [-0.05, 0) is 30.7 Å². The Hall–Kier alpha value is -2.06. The van der Waals surface area contributed by atoms with Crippen molar-refractivity contribution in [3.8, 4) is 11.8 Å². The number of hydrogen-bond donors (Lipinski definition) is 0. The zero-order chi connectivity index (χ0) is 14.4. The van der Waals surface area contributed by atoms with Crippen LogP contribution in [0.4, 0.5) is 0 Å². The normalized spacial score (nSPS) is 17.8. The van der Waals surface area contributed by atoms with Crippen LogP contribution in [-0.2, 0) is 9.53 Å². The lowest BCUT2D eigenvalue weighted by atomic mass is 10.1. The van der Waals surface area contributed by atoms with E-state index in [1.165, 1.54) is 0 Å². The maximum absolute atomic E-state index is 12.0. The highest BCUT2D eigenvalue weighted by Gasteiger charge is 2.26. The monoisotopic (exact) mass is 274 g/mol. The molecule has 1 amide bonds. The molecule has 1 aromatic rings. The van der Waals surface area contributed by atoms with Crippen LogP contribution in [0, 0.1) is 17.2 Å². The summed E-state index contributed by atoms with van der Waals surface area (Å²) in [6.07, 6.45) is 0.983. The Labute approximate surface area is 118 Å². The standard InChI is InChI=1S/C15H18N2O3/c1-19-10-13-6-7-17(9-13)15(18)11-20-14-4-2-12(8-16)3-5-14/h2-5,13H,6-7,9-11H2,1H3. The summed E-state index contributed by atoms with van der Waals surface area (Å²) in [5.74, 6) is 1.02. The number of rotatable bonds is 5. The van der Waals surface area contributed by atoms with Crippen molar-refractivity contribution >= 4 is 5.91 Å². The number of ether oxygens (including phenoxy) is 2. The molecular weight excluding hydrogens is 256 g/mol. The number of amides is 1. The number of nitriles is 1. The smallest absolute Gasteiger partial charge is 0.260 e. The van der Waals surface area contributed by atoms with Crippen molar-refractivity contribution < 1.29 is 14.3 Å². The predicted molar refractivity (Wildman–Crippen MR) is 73.2 cm³/mol. The van der Waals surface area contributed by atoms with Gasteiger partial charge < -0.3 is 14.4 Å². The van der Waals surface area contributed by atoms with Crippen LogP contribution in [0.3, 0.4) is 0 Å². The van der Waals surface area contributed by atoms with Crippen molar-refractivity contribution in [1.82, 2.24) is 4.90 Å². The molecule has 0 N–H and O–H groups in total. The van der Waals surface area contributed by atoms with Crippen molar-refractivity contribution in [2.45, 2.75) is 6.42 Å². The van der Waals surface area contributed by atoms with Gasteiger partial charge in [-0.2, -0.15) is 5.26 Å². The van der Waals surface area contributed by atoms with Gasteiger partial charge >= 0.3 is 0 Å². The molecule has 1 aliphatic rings. The number of nitrogens with zero attached hydrogens (tertiary/aromatic N) is 2. The largest absolute Gasteiger partial charge is 0.484 e. The molecule has 1 fully saturated rings. The van der Waals surface area contributed by atoms with Crippen molar-refractivity contribution in [3.05, 3.63) is 29.8 Å². The minimum absolute atomic E-state index is 0.00652. The highest BCUT2D eigenvalue weighted by molar-refractivity contribution is 5.78. The molecule has 1 unspecified atom stereocenters. The molecule has 5 nitrogen and oxygen atoms in total. The van der Waals surface area contributed by atoms with E-state index >= 15 is 0 Å². The molecule has 1 heterocycles. The van der Waals surface area contributed by atoms with E-state index in [2.05, 4.69) is 0 Å². The first-order valence-electron chi connectivity index (χ1n) is 6.62. The zero-order valence-electron chi connectivity index (χ0n) is 11.5. The van der Waals surface area contributed by atoms with Gasteiger partial charge in [-0.15, -0.1) is 0 Å². The Bertz CT molecular complexity index is 493. The quantitative estimate of drug-likeness (QED) is 0.815. The van der Waals surface area contributed by atoms with Gasteiger partial charge in [0.15, 0.2) is 6.61 Å². The topological polar surface area (TPSA) is 62.6 Å². The van der Waals surface area contributed by atoms with Crippen molar-refractivity contribution in [2.75, 3.05) is 33.4 Å². The van der Waals surface area contributed by atoms with Crippen molar-refractivity contribution in [3.63, 3.8) is 0 Å². The molecule has 0 aromatic heterocycles. The molecule has 2 rings (SSSR count). The number of likely N-dealkylation sites (tertiary alicyclic amines) is 1. The van der Waals surface area contributed by atoms with Gasteiger partial charge in [0.2, 0.25) is 0 Å². The van der Waals surface area contributed by atoms with E-state index < -0.39 is 0 Å². The molecule has 1 aliphatic heterocycles. The molecule has 0 spiro atoms. The van der Waals surface area contributed by atoms with Crippen LogP contribution in [-0.4, -0.2) is 44.2 Å². The van der Waals surface area contributed by atoms with Crippen LogP contribution in [0.5, 0.6) is 5.75 Å². The van der Waals surface area contributed by atoms with Gasteiger partial charge in [-0.25, -0.2) is 0 Å². The van der Waals surface area contributed by atoms with Gasteiger partial charge in [0.25, 0.3) is 5.91 Å². The SMILES string of the molecule is COCC1CCN(C(=O)COc2ccc(C#N)cc2)C1. The molecule has 5 heteroatoms. The first kappa shape index (κ1) is 14.4. The van der Waals surface area contributed by atoms with Crippen LogP contribution >= 0.6 is 0 Å². The molecule has 1 aromatic carbocycles. The zero-order valence-corrected chi connectivity index (χ0v) is 11.5. The predicted octanol–water partition coefficient (Wildman–Crippen LogP) is 1.43. The number of hydrogen-bond acceptors (Lipinski definition) is 4. The molecule has 0 saturated carbocycles. The summed E-state index contributed by atoms with van der Waals surface area (Å²) in [5.41, 5.74) is 0.575. The summed E-state index contributed by atoms with van der Waals surface area (Å²) < 4.78 is 10.6. The molecule has 0 radical (unpaired) electrons. The summed E-state index contributed by atoms with van der Waals surface area (Å²) in [5, 5.41) is 8.70. The average Bonchev–Trinajstić information content (AvgIpc) is 2.94. The maximum Gasteiger partial charge on any atom is 0.260 e. The second-order valence-corrected chi connectivity index (χ2v) is 4.87. The van der Waals surface area contributed by atoms with Gasteiger partial charge in [-0.3, -0.25) is 4.79 Å². The van der Waals surface area contributed by atoms with E-state index in [-0.39, 0.29) is 12.5 Å². The first-order chi connectivity index (χ1) is 9.72. The lowest BCUT2D eigenvalue weighted by molar-refractivity contribution is -0.132. The van der Waals surface area contributed by atoms with Gasteiger partial charge in [0.1, 0.15) is 5.75 Å². The average molecular weight is 274 g/mol. The summed E-state index contributed by atoms with van der Waals surface area (Å²) >= 11 is 0. The van der Waals surface area contributed by atoms with E-state index in [9.17, 15) is 4.79 Å². The van der Waals surface area contributed by atoms with E-state index in [1.54, 1.807) is 31.4 Å². The van der Waals surface area contributed by atoms with Gasteiger partial charge in [-0.1, -0.05) is 0 Å². The van der Waals surface area contributed by atoms with Crippen LogP contribution in [0.2, 0.25) is 0 Å². The third-order valence-corrected chi connectivity index (χ3v) is 3.39. The second kappa shape index (κ2) is 6.92. The number of carbonyl (C=O) groups is 1. The third kappa shape index (κ3) is 3.72. The lowest BCUT2D eigenvalue weighted by Crippen LogP contribution is -2.33. The highest BCUT2D eigenvalue weighted by atomic mass is 16.5. The number of carbonyl (C=O) groups excluding carboxylic acids is 1. The van der Waals surface area contributed by atoms with Gasteiger partial charge in [0, 0.05) is 26.1 Å². The molecular formula is C15H18N2O3. The Kier molecular flexibility index (Phi) is 4.97. The van der Waals surface area contributed by atoms with E-state index in [4.69, 9.17) is 14.7 Å². The van der Waals surface area contributed by atoms with E-state index in [1.807, 2.05) is 11.0 Å². The Balaban J connectivity index is 1.79. The van der Waals surface area contributed by atoms with Crippen LogP contribution in [0.25, 0.3) is 0 Å². The van der Waals surface area contributed by atoms with Crippen molar-refractivity contribution in [1.29, 1.82) is 5.26 Å². The van der Waals surface area contributed by atoms with Crippen LogP contribution in [0.15, 0.2) is 24.3 Å². The molecule has 0 bridgehead atoms. The minimum Gasteiger partial charge on any atom is -0.484 e. The summed E-state index contributed by atoms with van der Waals surface area (Å²) in [6.45, 7) is 2.23. The molecule has 1 saturated heterocycles. The lowest BCUT2D eigenvalue weighted by Gasteiger charge is -2.16. The van der Waals surface area contributed by atoms with E-state index in [0.29, 0.717) is 23.8 Å². The minimum atomic E-state index is -0.00652. The summed E-state index contributed by atoms with van der Waals surface area (Å²) in [7, 11) is 1.68. The Morgan fingerprint density at radius 3 is 2.85 bits per heavy atom.